The van der Waals surface area contributed by atoms with E-state index in [9.17, 15) is 18.0 Å². The number of hydrogen-bond acceptors (Lipinski definition) is 5. The third-order valence-corrected chi connectivity index (χ3v) is 4.02. The Morgan fingerprint density at radius 3 is 2.34 bits per heavy atom. The number of carbonyl (C=O) groups excluding carboxylic acids is 1. The van der Waals surface area contributed by atoms with E-state index in [0.29, 0.717) is 24.1 Å². The van der Waals surface area contributed by atoms with E-state index >= 15 is 0 Å². The standard InChI is InChI=1S/C20H19ClF3NO4/c1-4-17(12(3)19(26)27-5-2)28-14-6-8-15(9-7-14)29-18-16(21)10-13(11-25-18)20(22,23)24/h6-11,17H,3-5H2,1-2H3. The van der Waals surface area contributed by atoms with Crippen LogP contribution >= 0.6 is 11.6 Å². The lowest BCUT2D eigenvalue weighted by molar-refractivity contribution is -0.139. The molecule has 0 spiro atoms. The monoisotopic (exact) mass is 429 g/mol. The molecule has 2 aromatic rings. The smallest absolute Gasteiger partial charge is 0.417 e. The van der Waals surface area contributed by atoms with E-state index in [0.717, 1.165) is 6.07 Å². The summed E-state index contributed by atoms with van der Waals surface area (Å²) in [5, 5.41) is -0.267. The molecule has 0 aliphatic rings. The Kier molecular flexibility index (Phi) is 7.50. The third kappa shape index (κ3) is 6.12. The van der Waals surface area contributed by atoms with E-state index < -0.39 is 23.8 Å². The molecule has 0 radical (unpaired) electrons. The fourth-order valence-corrected chi connectivity index (χ4v) is 2.48. The molecule has 9 heteroatoms. The zero-order valence-corrected chi connectivity index (χ0v) is 16.5. The summed E-state index contributed by atoms with van der Waals surface area (Å²) < 4.78 is 54.1. The SMILES string of the molecule is C=C(C(=O)OCC)C(CC)Oc1ccc(Oc2ncc(C(F)(F)F)cc2Cl)cc1. The molecule has 1 heterocycles. The number of halogens is 4. The molecule has 0 amide bonds. The average molecular weight is 430 g/mol. The van der Waals surface area contributed by atoms with E-state index in [4.69, 9.17) is 25.8 Å². The van der Waals surface area contributed by atoms with Gasteiger partial charge in [0, 0.05) is 6.20 Å². The molecule has 0 N–H and O–H groups in total. The molecule has 0 fully saturated rings. The van der Waals surface area contributed by atoms with Gasteiger partial charge in [0.1, 0.15) is 22.6 Å². The Bertz CT molecular complexity index is 869. The van der Waals surface area contributed by atoms with E-state index in [2.05, 4.69) is 11.6 Å². The molecular weight excluding hydrogens is 411 g/mol. The highest BCUT2D eigenvalue weighted by atomic mass is 35.5. The minimum atomic E-state index is -4.54. The summed E-state index contributed by atoms with van der Waals surface area (Å²) in [4.78, 5) is 15.4. The van der Waals surface area contributed by atoms with Crippen molar-refractivity contribution in [3.8, 4) is 17.4 Å². The molecular formula is C20H19ClF3NO4. The average Bonchev–Trinajstić information content (AvgIpc) is 2.67. The first-order valence-electron chi connectivity index (χ1n) is 8.68. The van der Waals surface area contributed by atoms with Crippen molar-refractivity contribution in [2.45, 2.75) is 32.5 Å². The predicted octanol–water partition coefficient (Wildman–Crippen LogP) is 5.82. The summed E-state index contributed by atoms with van der Waals surface area (Å²) in [6, 6.07) is 6.97. The van der Waals surface area contributed by atoms with Crippen LogP contribution in [-0.2, 0) is 15.7 Å². The second-order valence-corrected chi connectivity index (χ2v) is 6.25. The number of ether oxygens (including phenoxy) is 3. The van der Waals surface area contributed by atoms with Gasteiger partial charge in [-0.2, -0.15) is 13.2 Å². The first-order chi connectivity index (χ1) is 13.7. The highest BCUT2D eigenvalue weighted by Gasteiger charge is 2.31. The van der Waals surface area contributed by atoms with Crippen LogP contribution in [-0.4, -0.2) is 23.7 Å². The van der Waals surface area contributed by atoms with Crippen molar-refractivity contribution in [1.29, 1.82) is 0 Å². The first-order valence-corrected chi connectivity index (χ1v) is 9.06. The minimum absolute atomic E-state index is 0.157. The number of carbonyl (C=O) groups is 1. The number of pyridine rings is 1. The number of nitrogens with zero attached hydrogens (tertiary/aromatic N) is 1. The van der Waals surface area contributed by atoms with Gasteiger partial charge in [-0.05, 0) is 43.7 Å². The number of alkyl halides is 3. The highest BCUT2D eigenvalue weighted by molar-refractivity contribution is 6.31. The molecule has 1 aromatic carbocycles. The van der Waals surface area contributed by atoms with Crippen LogP contribution in [0.3, 0.4) is 0 Å². The predicted molar refractivity (Wildman–Crippen MR) is 101 cm³/mol. The Labute approximate surface area is 171 Å². The van der Waals surface area contributed by atoms with Gasteiger partial charge < -0.3 is 14.2 Å². The van der Waals surface area contributed by atoms with Crippen LogP contribution in [0, 0.1) is 0 Å². The molecule has 29 heavy (non-hydrogen) atoms. The Morgan fingerprint density at radius 2 is 1.83 bits per heavy atom. The second-order valence-electron chi connectivity index (χ2n) is 5.84. The summed E-state index contributed by atoms with van der Waals surface area (Å²) >= 11 is 5.83. The summed E-state index contributed by atoms with van der Waals surface area (Å²) in [6.45, 7) is 7.49. The highest BCUT2D eigenvalue weighted by Crippen LogP contribution is 2.35. The normalized spacial score (nSPS) is 12.2. The van der Waals surface area contributed by atoms with Crippen LogP contribution in [0.4, 0.5) is 13.2 Å². The van der Waals surface area contributed by atoms with Gasteiger partial charge in [-0.25, -0.2) is 9.78 Å². The lowest BCUT2D eigenvalue weighted by Gasteiger charge is -2.19. The van der Waals surface area contributed by atoms with Crippen molar-refractivity contribution in [3.05, 3.63) is 59.3 Å². The minimum Gasteiger partial charge on any atom is -0.485 e. The summed E-state index contributed by atoms with van der Waals surface area (Å²) in [5.74, 6) is 0.0580. The third-order valence-electron chi connectivity index (χ3n) is 3.75. The van der Waals surface area contributed by atoms with Crippen LogP contribution in [0.15, 0.2) is 48.7 Å². The molecule has 0 aliphatic heterocycles. The van der Waals surface area contributed by atoms with E-state index in [1.807, 2.05) is 6.92 Å². The van der Waals surface area contributed by atoms with Crippen LogP contribution < -0.4 is 9.47 Å². The maximum absolute atomic E-state index is 12.7. The van der Waals surface area contributed by atoms with Gasteiger partial charge in [-0.1, -0.05) is 25.1 Å². The van der Waals surface area contributed by atoms with Crippen LogP contribution in [0.1, 0.15) is 25.8 Å². The lowest BCUT2D eigenvalue weighted by Crippen LogP contribution is -2.24. The number of esters is 1. The molecule has 0 aliphatic carbocycles. The quantitative estimate of drug-likeness (QED) is 0.390. The molecule has 0 bridgehead atoms. The lowest BCUT2D eigenvalue weighted by atomic mass is 10.1. The van der Waals surface area contributed by atoms with Crippen molar-refractivity contribution in [3.63, 3.8) is 0 Å². The fraction of sp³-hybridized carbons (Fsp3) is 0.300. The summed E-state index contributed by atoms with van der Waals surface area (Å²) in [6.07, 6.45) is -3.96. The largest absolute Gasteiger partial charge is 0.485 e. The van der Waals surface area contributed by atoms with Gasteiger partial charge in [0.15, 0.2) is 0 Å². The summed E-state index contributed by atoms with van der Waals surface area (Å²) in [5.41, 5.74) is -0.763. The van der Waals surface area contributed by atoms with E-state index in [1.54, 1.807) is 19.1 Å². The van der Waals surface area contributed by atoms with Crippen molar-refractivity contribution in [1.82, 2.24) is 4.98 Å². The maximum atomic E-state index is 12.7. The Morgan fingerprint density at radius 1 is 1.21 bits per heavy atom. The number of hydrogen-bond donors (Lipinski definition) is 0. The molecule has 5 nitrogen and oxygen atoms in total. The molecule has 0 saturated carbocycles. The van der Waals surface area contributed by atoms with Crippen LogP contribution in [0.2, 0.25) is 5.02 Å². The van der Waals surface area contributed by atoms with Gasteiger partial charge in [0.2, 0.25) is 5.88 Å². The van der Waals surface area contributed by atoms with Gasteiger partial charge in [-0.15, -0.1) is 0 Å². The van der Waals surface area contributed by atoms with E-state index in [1.165, 1.54) is 12.1 Å². The molecule has 1 aromatic heterocycles. The van der Waals surface area contributed by atoms with E-state index in [-0.39, 0.29) is 23.1 Å². The molecule has 1 unspecified atom stereocenters. The molecule has 2 rings (SSSR count). The second kappa shape index (κ2) is 9.65. The topological polar surface area (TPSA) is 57.7 Å². The molecule has 1 atom stereocenters. The first kappa shape index (κ1) is 22.5. The van der Waals surface area contributed by atoms with Gasteiger partial charge in [0.25, 0.3) is 0 Å². The van der Waals surface area contributed by atoms with Crippen molar-refractivity contribution >= 4 is 17.6 Å². The van der Waals surface area contributed by atoms with Crippen LogP contribution in [0.5, 0.6) is 17.4 Å². The maximum Gasteiger partial charge on any atom is 0.417 e. The van der Waals surface area contributed by atoms with Gasteiger partial charge in [0.05, 0.1) is 17.7 Å². The van der Waals surface area contributed by atoms with Crippen molar-refractivity contribution < 1.29 is 32.2 Å². The zero-order chi connectivity index (χ0) is 21.6. The number of benzene rings is 1. The van der Waals surface area contributed by atoms with Gasteiger partial charge in [-0.3, -0.25) is 0 Å². The molecule has 0 saturated heterocycles. The Hall–Kier alpha value is -2.74. The Balaban J connectivity index is 2.07. The number of rotatable bonds is 8. The van der Waals surface area contributed by atoms with Crippen molar-refractivity contribution in [2.24, 2.45) is 0 Å². The number of aromatic nitrogens is 1. The van der Waals surface area contributed by atoms with Gasteiger partial charge >= 0.3 is 12.1 Å². The fourth-order valence-electron chi connectivity index (χ4n) is 2.27. The molecule has 156 valence electrons. The summed E-state index contributed by atoms with van der Waals surface area (Å²) in [7, 11) is 0. The van der Waals surface area contributed by atoms with Crippen LogP contribution in [0.25, 0.3) is 0 Å². The van der Waals surface area contributed by atoms with Crippen molar-refractivity contribution in [2.75, 3.05) is 6.61 Å². The zero-order valence-electron chi connectivity index (χ0n) is 15.8.